The molecule has 0 bridgehead atoms. The van der Waals surface area contributed by atoms with Crippen molar-refractivity contribution < 1.29 is 4.79 Å². The van der Waals surface area contributed by atoms with Crippen LogP contribution in [0.4, 0.5) is 0 Å². The smallest absolute Gasteiger partial charge is 0.233 e. The van der Waals surface area contributed by atoms with Crippen LogP contribution in [0.2, 0.25) is 0 Å². The first-order chi connectivity index (χ1) is 8.81. The third-order valence-electron chi connectivity index (χ3n) is 2.48. The summed E-state index contributed by atoms with van der Waals surface area (Å²) in [5.74, 6) is 0.0804. The molecular weight excluding hydrogens is 256 g/mol. The van der Waals surface area contributed by atoms with Gasteiger partial charge < -0.3 is 10.6 Å². The molecule has 0 aliphatic carbocycles. The molecule has 0 radical (unpaired) electrons. The molecule has 0 spiro atoms. The predicted octanol–water partition coefficient (Wildman–Crippen LogP) is 2.80. The molecule has 0 saturated carbocycles. The molecule has 2 N–H and O–H groups in total. The van der Waals surface area contributed by atoms with E-state index in [0.717, 1.165) is 11.4 Å². The summed E-state index contributed by atoms with van der Waals surface area (Å²) >= 11 is 1.59. The molecular formula is C15H24N2OS. The number of benzene rings is 1. The Bertz CT molecular complexity index is 409. The zero-order valence-corrected chi connectivity index (χ0v) is 13.2. The fourth-order valence-corrected chi connectivity index (χ4v) is 2.49. The van der Waals surface area contributed by atoms with Crippen molar-refractivity contribution >= 4 is 17.7 Å². The van der Waals surface area contributed by atoms with Crippen LogP contribution in [0, 0.1) is 0 Å². The van der Waals surface area contributed by atoms with E-state index in [1.54, 1.807) is 11.8 Å². The van der Waals surface area contributed by atoms with Crippen molar-refractivity contribution in [2.24, 2.45) is 0 Å². The summed E-state index contributed by atoms with van der Waals surface area (Å²) in [5.41, 5.74) is 1.07. The van der Waals surface area contributed by atoms with Gasteiger partial charge in [-0.25, -0.2) is 0 Å². The maximum Gasteiger partial charge on any atom is 0.233 e. The van der Waals surface area contributed by atoms with Crippen molar-refractivity contribution in [1.29, 1.82) is 0 Å². The minimum absolute atomic E-state index is 0.0804. The molecule has 3 nitrogen and oxygen atoms in total. The molecule has 4 heteroatoms. The number of thioether (sulfide) groups is 1. The van der Waals surface area contributed by atoms with Crippen LogP contribution in [-0.2, 0) is 11.3 Å². The van der Waals surface area contributed by atoms with Crippen LogP contribution >= 0.6 is 11.8 Å². The quantitative estimate of drug-likeness (QED) is 0.815. The normalized spacial score (nSPS) is 13.1. The maximum atomic E-state index is 12.0. The summed E-state index contributed by atoms with van der Waals surface area (Å²) in [6.07, 6.45) is 0. The first kappa shape index (κ1) is 16.1. The zero-order chi connectivity index (χ0) is 14.5. The van der Waals surface area contributed by atoms with E-state index in [1.807, 2.05) is 34.7 Å². The first-order valence-corrected chi connectivity index (χ1v) is 7.42. The van der Waals surface area contributed by atoms with E-state index in [2.05, 4.69) is 34.9 Å². The Balaban J connectivity index is 2.56. The Hall–Kier alpha value is -1.00. The lowest BCUT2D eigenvalue weighted by molar-refractivity contribution is -0.121. The number of carbonyl (C=O) groups is 1. The van der Waals surface area contributed by atoms with E-state index < -0.39 is 0 Å². The predicted molar refractivity (Wildman–Crippen MR) is 82.4 cm³/mol. The zero-order valence-electron chi connectivity index (χ0n) is 12.4. The van der Waals surface area contributed by atoms with Gasteiger partial charge in [0.15, 0.2) is 0 Å². The van der Waals surface area contributed by atoms with Gasteiger partial charge in [0.25, 0.3) is 0 Å². The second-order valence-electron chi connectivity index (χ2n) is 5.67. The van der Waals surface area contributed by atoms with E-state index in [9.17, 15) is 4.79 Å². The van der Waals surface area contributed by atoms with Crippen LogP contribution in [0.3, 0.4) is 0 Å². The second kappa shape index (κ2) is 6.96. The third-order valence-corrected chi connectivity index (χ3v) is 3.60. The maximum absolute atomic E-state index is 12.0. The van der Waals surface area contributed by atoms with Gasteiger partial charge in [-0.3, -0.25) is 4.79 Å². The Kier molecular flexibility index (Phi) is 5.88. The van der Waals surface area contributed by atoms with Crippen LogP contribution in [0.25, 0.3) is 0 Å². The highest BCUT2D eigenvalue weighted by Gasteiger charge is 2.19. The van der Waals surface area contributed by atoms with E-state index >= 15 is 0 Å². The Morgan fingerprint density at radius 1 is 1.26 bits per heavy atom. The molecule has 0 fully saturated rings. The fraction of sp³-hybridized carbons (Fsp3) is 0.533. The summed E-state index contributed by atoms with van der Waals surface area (Å²) in [5, 5.41) is 6.03. The molecule has 1 atom stereocenters. The highest BCUT2D eigenvalue weighted by atomic mass is 32.2. The Morgan fingerprint density at radius 2 is 1.84 bits per heavy atom. The lowest BCUT2D eigenvalue weighted by Gasteiger charge is -2.23. The number of carbonyl (C=O) groups excluding carboxylic acids is 1. The molecule has 1 aromatic rings. The van der Waals surface area contributed by atoms with Gasteiger partial charge in [-0.05, 0) is 52.4 Å². The third kappa shape index (κ3) is 6.12. The lowest BCUT2D eigenvalue weighted by atomic mass is 10.1. The molecule has 1 amide bonds. The summed E-state index contributed by atoms with van der Waals surface area (Å²) in [7, 11) is 1.93. The van der Waals surface area contributed by atoms with Gasteiger partial charge >= 0.3 is 0 Å². The molecule has 0 saturated heterocycles. The van der Waals surface area contributed by atoms with E-state index in [0.29, 0.717) is 0 Å². The number of amides is 1. The van der Waals surface area contributed by atoms with Crippen molar-refractivity contribution in [3.05, 3.63) is 29.8 Å². The van der Waals surface area contributed by atoms with Gasteiger partial charge in [-0.2, -0.15) is 0 Å². The van der Waals surface area contributed by atoms with Crippen molar-refractivity contribution in [2.75, 3.05) is 7.05 Å². The molecule has 1 rings (SSSR count). The minimum atomic E-state index is -0.178. The largest absolute Gasteiger partial charge is 0.351 e. The molecule has 0 heterocycles. The Morgan fingerprint density at radius 3 is 2.32 bits per heavy atom. The first-order valence-electron chi connectivity index (χ1n) is 6.54. The number of hydrogen-bond acceptors (Lipinski definition) is 3. The second-order valence-corrected chi connectivity index (χ2v) is 7.09. The van der Waals surface area contributed by atoms with Crippen molar-refractivity contribution in [3.8, 4) is 0 Å². The van der Waals surface area contributed by atoms with E-state index in [4.69, 9.17) is 0 Å². The highest BCUT2D eigenvalue weighted by Crippen LogP contribution is 2.24. The molecule has 0 aromatic heterocycles. The summed E-state index contributed by atoms with van der Waals surface area (Å²) in [6, 6.07) is 8.32. The molecule has 1 aromatic carbocycles. The van der Waals surface area contributed by atoms with Crippen molar-refractivity contribution in [3.63, 3.8) is 0 Å². The summed E-state index contributed by atoms with van der Waals surface area (Å²) < 4.78 is 0. The van der Waals surface area contributed by atoms with Crippen LogP contribution in [0.5, 0.6) is 0 Å². The number of nitrogens with one attached hydrogen (secondary N) is 2. The SMILES string of the molecule is CNCc1ccc(SC(C)C(=O)NC(C)(C)C)cc1. The van der Waals surface area contributed by atoms with Crippen LogP contribution in [0.15, 0.2) is 29.2 Å². The van der Waals surface area contributed by atoms with Gasteiger partial charge in [-0.1, -0.05) is 12.1 Å². The van der Waals surface area contributed by atoms with Crippen LogP contribution in [0.1, 0.15) is 33.3 Å². The topological polar surface area (TPSA) is 41.1 Å². The van der Waals surface area contributed by atoms with Crippen LogP contribution < -0.4 is 10.6 Å². The molecule has 106 valence electrons. The molecule has 19 heavy (non-hydrogen) atoms. The van der Waals surface area contributed by atoms with Gasteiger partial charge in [-0.15, -0.1) is 11.8 Å². The fourth-order valence-electron chi connectivity index (χ4n) is 1.62. The number of hydrogen-bond donors (Lipinski definition) is 2. The summed E-state index contributed by atoms with van der Waals surface area (Å²) in [4.78, 5) is 13.1. The van der Waals surface area contributed by atoms with Crippen LogP contribution in [-0.4, -0.2) is 23.7 Å². The van der Waals surface area contributed by atoms with Gasteiger partial charge in [0.2, 0.25) is 5.91 Å². The Labute approximate surface area is 120 Å². The molecule has 0 aliphatic heterocycles. The number of rotatable bonds is 5. The van der Waals surface area contributed by atoms with E-state index in [1.165, 1.54) is 5.56 Å². The average Bonchev–Trinajstić information content (AvgIpc) is 2.29. The standard InChI is InChI=1S/C15H24N2OS/c1-11(14(18)17-15(2,3)4)19-13-8-6-12(7-9-13)10-16-5/h6-9,11,16H,10H2,1-5H3,(H,17,18). The average molecular weight is 280 g/mol. The van der Waals surface area contributed by atoms with Crippen molar-refractivity contribution in [1.82, 2.24) is 10.6 Å². The van der Waals surface area contributed by atoms with Gasteiger partial charge in [0, 0.05) is 17.0 Å². The lowest BCUT2D eigenvalue weighted by Crippen LogP contribution is -2.44. The monoisotopic (exact) mass is 280 g/mol. The summed E-state index contributed by atoms with van der Waals surface area (Å²) in [6.45, 7) is 8.79. The van der Waals surface area contributed by atoms with Gasteiger partial charge in [0.05, 0.1) is 5.25 Å². The van der Waals surface area contributed by atoms with Gasteiger partial charge in [0.1, 0.15) is 0 Å². The van der Waals surface area contributed by atoms with E-state index in [-0.39, 0.29) is 16.7 Å². The molecule has 1 unspecified atom stereocenters. The molecule has 0 aliphatic rings. The van der Waals surface area contributed by atoms with Crippen molar-refractivity contribution in [2.45, 2.75) is 49.9 Å². The highest BCUT2D eigenvalue weighted by molar-refractivity contribution is 8.00. The minimum Gasteiger partial charge on any atom is -0.351 e.